The van der Waals surface area contributed by atoms with Crippen molar-refractivity contribution in [1.82, 2.24) is 0 Å². The number of hydrogen-bond acceptors (Lipinski definition) is 0. The van der Waals surface area contributed by atoms with Gasteiger partial charge in [-0.15, -0.1) is 0 Å². The zero-order chi connectivity index (χ0) is 4.41. The predicted octanol–water partition coefficient (Wildman–Crippen LogP) is -1.62. The average molecular weight is 195 g/mol. The standard InChI is InChI=1S/C5H8I/c1-5-3-2-4-6-5/h2,4-5H,3H2,1H3/q-1. The molecule has 0 amide bonds. The molecule has 1 aliphatic heterocycles. The van der Waals surface area contributed by atoms with E-state index in [1.54, 1.807) is 0 Å². The van der Waals surface area contributed by atoms with Crippen LogP contribution in [-0.4, -0.2) is 3.92 Å². The maximum absolute atomic E-state index is 2.36. The van der Waals surface area contributed by atoms with E-state index < -0.39 is 0 Å². The zero-order valence-corrected chi connectivity index (χ0v) is 5.97. The summed E-state index contributed by atoms with van der Waals surface area (Å²) in [6.45, 7) is 2.33. The molecule has 0 aromatic carbocycles. The van der Waals surface area contributed by atoms with Gasteiger partial charge >= 0.3 is 48.6 Å². The summed E-state index contributed by atoms with van der Waals surface area (Å²) in [7, 11) is 0. The van der Waals surface area contributed by atoms with Crippen LogP contribution in [0.25, 0.3) is 0 Å². The molecule has 1 unspecified atom stereocenters. The second-order valence-corrected chi connectivity index (χ2v) is 5.07. The third-order valence-corrected chi connectivity index (χ3v) is 3.50. The van der Waals surface area contributed by atoms with E-state index in [0.29, 0.717) is 21.2 Å². The van der Waals surface area contributed by atoms with E-state index in [9.17, 15) is 0 Å². The molecule has 0 aliphatic carbocycles. The normalized spacial score (nSPS) is 33.2. The molecule has 0 saturated carbocycles. The van der Waals surface area contributed by atoms with Gasteiger partial charge in [0.05, 0.1) is 0 Å². The monoisotopic (exact) mass is 195 g/mol. The van der Waals surface area contributed by atoms with Gasteiger partial charge in [0, 0.05) is 0 Å². The molecule has 0 bridgehead atoms. The van der Waals surface area contributed by atoms with Crippen LogP contribution in [0.3, 0.4) is 0 Å². The average Bonchev–Trinajstić information content (AvgIpc) is 1.86. The second kappa shape index (κ2) is 1.96. The first-order valence-electron chi connectivity index (χ1n) is 2.16. The molecule has 1 rings (SSSR count). The van der Waals surface area contributed by atoms with Gasteiger partial charge in [0.25, 0.3) is 0 Å². The summed E-state index contributed by atoms with van der Waals surface area (Å²) < 4.78 is 3.41. The first-order valence-corrected chi connectivity index (χ1v) is 4.65. The van der Waals surface area contributed by atoms with Crippen LogP contribution in [0.1, 0.15) is 13.3 Å². The first-order chi connectivity index (χ1) is 2.89. The Bertz CT molecular complexity index is 58.3. The summed E-state index contributed by atoms with van der Waals surface area (Å²) in [6, 6.07) is 0. The Morgan fingerprint density at radius 2 is 2.67 bits per heavy atom. The van der Waals surface area contributed by atoms with Crippen LogP contribution in [0.2, 0.25) is 0 Å². The Morgan fingerprint density at radius 1 is 1.83 bits per heavy atom. The van der Waals surface area contributed by atoms with Gasteiger partial charge in [-0.05, 0) is 0 Å². The molecule has 0 spiro atoms. The van der Waals surface area contributed by atoms with Crippen molar-refractivity contribution in [3.63, 3.8) is 0 Å². The van der Waals surface area contributed by atoms with E-state index in [1.165, 1.54) is 6.42 Å². The van der Waals surface area contributed by atoms with Gasteiger partial charge < -0.3 is 0 Å². The fourth-order valence-corrected chi connectivity index (χ4v) is 2.35. The van der Waals surface area contributed by atoms with Crippen LogP contribution >= 0.6 is 0 Å². The Hall–Kier alpha value is 0.470. The van der Waals surface area contributed by atoms with Gasteiger partial charge in [0.2, 0.25) is 0 Å². The molecule has 36 valence electrons. The van der Waals surface area contributed by atoms with E-state index >= 15 is 0 Å². The van der Waals surface area contributed by atoms with Gasteiger partial charge in [-0.1, -0.05) is 0 Å². The Kier molecular flexibility index (Phi) is 1.51. The molecule has 0 N–H and O–H groups in total. The Balaban J connectivity index is 2.32. The zero-order valence-electron chi connectivity index (χ0n) is 3.82. The Labute approximate surface area is 48.9 Å². The van der Waals surface area contributed by atoms with Gasteiger partial charge in [0.15, 0.2) is 0 Å². The molecule has 0 nitrogen and oxygen atoms in total. The van der Waals surface area contributed by atoms with Crippen molar-refractivity contribution >= 4 is 0 Å². The molecule has 0 aromatic rings. The van der Waals surface area contributed by atoms with Crippen molar-refractivity contribution in [2.24, 2.45) is 0 Å². The number of alkyl halides is 1. The quantitative estimate of drug-likeness (QED) is 0.322. The number of hydrogen-bond donors (Lipinski definition) is 0. The van der Waals surface area contributed by atoms with Crippen LogP contribution in [0.4, 0.5) is 0 Å². The topological polar surface area (TPSA) is 0 Å². The SMILES string of the molecule is CC1CC=C[I-]1. The molecular formula is C5H8I-. The third kappa shape index (κ3) is 0.965. The van der Waals surface area contributed by atoms with Crippen molar-refractivity contribution in [2.45, 2.75) is 17.3 Å². The van der Waals surface area contributed by atoms with Crippen molar-refractivity contribution < 1.29 is 21.2 Å². The van der Waals surface area contributed by atoms with Crippen LogP contribution in [-0.2, 0) is 0 Å². The van der Waals surface area contributed by atoms with Gasteiger partial charge in [-0.3, -0.25) is 0 Å². The Morgan fingerprint density at radius 3 is 2.83 bits per heavy atom. The molecule has 6 heavy (non-hydrogen) atoms. The van der Waals surface area contributed by atoms with E-state index in [0.717, 1.165) is 3.92 Å². The molecule has 0 fully saturated rings. The number of rotatable bonds is 0. The minimum atomic E-state index is 0.499. The fraction of sp³-hybridized carbons (Fsp3) is 0.600. The van der Waals surface area contributed by atoms with Crippen LogP contribution < -0.4 is 21.2 Å². The summed E-state index contributed by atoms with van der Waals surface area (Å²) >= 11 is 0.499. The third-order valence-electron chi connectivity index (χ3n) is 0.838. The number of allylic oxidation sites excluding steroid dienone is 1. The van der Waals surface area contributed by atoms with Crippen molar-refractivity contribution in [1.29, 1.82) is 0 Å². The van der Waals surface area contributed by atoms with E-state index in [2.05, 4.69) is 17.1 Å². The van der Waals surface area contributed by atoms with Crippen LogP contribution in [0.5, 0.6) is 0 Å². The summed E-state index contributed by atoms with van der Waals surface area (Å²) in [4.78, 5) is 0. The van der Waals surface area contributed by atoms with E-state index in [-0.39, 0.29) is 0 Å². The summed E-state index contributed by atoms with van der Waals surface area (Å²) in [5.41, 5.74) is 0. The van der Waals surface area contributed by atoms with Crippen LogP contribution in [0, 0.1) is 0 Å². The van der Waals surface area contributed by atoms with Crippen LogP contribution in [0.15, 0.2) is 10.2 Å². The maximum atomic E-state index is 2.36. The van der Waals surface area contributed by atoms with E-state index in [4.69, 9.17) is 0 Å². The van der Waals surface area contributed by atoms with Crippen molar-refractivity contribution in [3.8, 4) is 0 Å². The van der Waals surface area contributed by atoms with Gasteiger partial charge in [-0.2, -0.15) is 0 Å². The van der Waals surface area contributed by atoms with Gasteiger partial charge in [-0.25, -0.2) is 0 Å². The minimum absolute atomic E-state index is 0.499. The molecule has 1 heteroatoms. The predicted molar refractivity (Wildman–Crippen MR) is 23.2 cm³/mol. The molecule has 1 aliphatic rings. The number of halogens is 1. The molecular weight excluding hydrogens is 187 g/mol. The molecule has 1 heterocycles. The van der Waals surface area contributed by atoms with Crippen molar-refractivity contribution in [3.05, 3.63) is 10.2 Å². The first kappa shape index (κ1) is 4.62. The summed E-state index contributed by atoms with van der Waals surface area (Å²) in [6.07, 6.45) is 3.66. The summed E-state index contributed by atoms with van der Waals surface area (Å²) in [5.74, 6) is 0. The van der Waals surface area contributed by atoms with E-state index in [1.807, 2.05) is 0 Å². The second-order valence-electron chi connectivity index (χ2n) is 1.50. The van der Waals surface area contributed by atoms with Gasteiger partial charge in [0.1, 0.15) is 0 Å². The molecule has 0 saturated heterocycles. The molecule has 0 radical (unpaired) electrons. The molecule has 0 aromatic heterocycles. The fourth-order valence-electron chi connectivity index (χ4n) is 0.466. The summed E-state index contributed by atoms with van der Waals surface area (Å²) in [5, 5.41) is 0. The molecule has 1 atom stereocenters. The van der Waals surface area contributed by atoms with Crippen molar-refractivity contribution in [2.75, 3.05) is 0 Å².